The lowest BCUT2D eigenvalue weighted by molar-refractivity contribution is 0.342. The fraction of sp³-hybridized carbons (Fsp3) is 0.833. The summed E-state index contributed by atoms with van der Waals surface area (Å²) in [5, 5.41) is 7.50. The van der Waals surface area contributed by atoms with Gasteiger partial charge < -0.3 is 14.7 Å². The van der Waals surface area contributed by atoms with Gasteiger partial charge in [-0.15, -0.1) is 0 Å². The van der Waals surface area contributed by atoms with Crippen molar-refractivity contribution in [3.8, 4) is 0 Å². The van der Waals surface area contributed by atoms with E-state index < -0.39 is 0 Å². The molecule has 0 spiro atoms. The molecule has 3 rings (SSSR count). The minimum absolute atomic E-state index is 0.367. The highest BCUT2D eigenvalue weighted by Gasteiger charge is 2.33. The van der Waals surface area contributed by atoms with Crippen molar-refractivity contribution in [2.75, 3.05) is 36.5 Å². The SMILES string of the molecule is CNC1CSCC1c1nc(N2CCCCC2)no1. The third-order valence-electron chi connectivity index (χ3n) is 3.84. The third kappa shape index (κ3) is 2.36. The van der Waals surface area contributed by atoms with Crippen LogP contribution in [0, 0.1) is 0 Å². The van der Waals surface area contributed by atoms with Gasteiger partial charge in [0.25, 0.3) is 5.95 Å². The van der Waals surface area contributed by atoms with Crippen LogP contribution in [0.3, 0.4) is 0 Å². The molecule has 1 aromatic heterocycles. The molecule has 2 saturated heterocycles. The van der Waals surface area contributed by atoms with Gasteiger partial charge in [-0.25, -0.2) is 0 Å². The maximum Gasteiger partial charge on any atom is 0.266 e. The molecular weight excluding hydrogens is 248 g/mol. The van der Waals surface area contributed by atoms with E-state index in [2.05, 4.69) is 20.4 Å². The smallest absolute Gasteiger partial charge is 0.266 e. The maximum atomic E-state index is 5.48. The van der Waals surface area contributed by atoms with Gasteiger partial charge in [-0.05, 0) is 31.5 Å². The van der Waals surface area contributed by atoms with E-state index in [9.17, 15) is 0 Å². The van der Waals surface area contributed by atoms with Crippen LogP contribution in [0.25, 0.3) is 0 Å². The molecular formula is C12H20N4OS. The minimum atomic E-state index is 0.367. The number of hydrogen-bond acceptors (Lipinski definition) is 6. The zero-order valence-electron chi connectivity index (χ0n) is 10.8. The fourth-order valence-electron chi connectivity index (χ4n) is 2.68. The van der Waals surface area contributed by atoms with Crippen molar-refractivity contribution in [1.29, 1.82) is 0 Å². The van der Waals surface area contributed by atoms with Crippen molar-refractivity contribution in [1.82, 2.24) is 15.5 Å². The Bertz CT molecular complexity index is 391. The predicted octanol–water partition coefficient (Wildman–Crippen LogP) is 1.48. The summed E-state index contributed by atoms with van der Waals surface area (Å²) in [5.74, 6) is 4.16. The van der Waals surface area contributed by atoms with Gasteiger partial charge in [-0.2, -0.15) is 16.7 Å². The molecule has 0 bridgehead atoms. The molecule has 2 fully saturated rings. The average Bonchev–Trinajstić information content (AvgIpc) is 3.08. The molecule has 100 valence electrons. The van der Waals surface area contributed by atoms with Gasteiger partial charge in [0.05, 0.1) is 5.92 Å². The van der Waals surface area contributed by atoms with E-state index in [4.69, 9.17) is 4.52 Å². The van der Waals surface area contributed by atoms with Crippen molar-refractivity contribution in [2.45, 2.75) is 31.2 Å². The number of anilines is 1. The number of hydrogen-bond donors (Lipinski definition) is 1. The summed E-state index contributed by atoms with van der Waals surface area (Å²) in [6.07, 6.45) is 3.80. The second-order valence-electron chi connectivity index (χ2n) is 5.02. The first-order valence-corrected chi connectivity index (χ1v) is 7.87. The van der Waals surface area contributed by atoms with Crippen LogP contribution < -0.4 is 10.2 Å². The van der Waals surface area contributed by atoms with Gasteiger partial charge in [0.2, 0.25) is 5.89 Å². The zero-order chi connectivity index (χ0) is 12.4. The van der Waals surface area contributed by atoms with Crippen LogP contribution in [0.2, 0.25) is 0 Å². The topological polar surface area (TPSA) is 54.2 Å². The highest BCUT2D eigenvalue weighted by molar-refractivity contribution is 7.99. The molecule has 2 atom stereocenters. The summed E-state index contributed by atoms with van der Waals surface area (Å²) in [6, 6.07) is 0.463. The lowest BCUT2D eigenvalue weighted by Crippen LogP contribution is -2.31. The molecule has 0 aliphatic carbocycles. The van der Waals surface area contributed by atoms with Crippen LogP contribution >= 0.6 is 11.8 Å². The molecule has 0 amide bonds. The first-order chi connectivity index (χ1) is 8.88. The molecule has 0 radical (unpaired) electrons. The monoisotopic (exact) mass is 268 g/mol. The Kier molecular flexibility index (Phi) is 3.75. The molecule has 3 heterocycles. The van der Waals surface area contributed by atoms with Gasteiger partial charge in [0, 0.05) is 30.6 Å². The Labute approximate surface area is 112 Å². The second kappa shape index (κ2) is 5.48. The average molecular weight is 268 g/mol. The Balaban J connectivity index is 1.72. The van der Waals surface area contributed by atoms with Gasteiger partial charge in [0.15, 0.2) is 0 Å². The van der Waals surface area contributed by atoms with Crippen LogP contribution in [-0.4, -0.2) is 47.8 Å². The van der Waals surface area contributed by atoms with Crippen molar-refractivity contribution >= 4 is 17.7 Å². The molecule has 1 N–H and O–H groups in total. The summed E-state index contributed by atoms with van der Waals surface area (Å²) >= 11 is 1.95. The maximum absolute atomic E-state index is 5.48. The molecule has 2 aliphatic rings. The van der Waals surface area contributed by atoms with E-state index >= 15 is 0 Å². The highest BCUT2D eigenvalue weighted by Crippen LogP contribution is 2.32. The molecule has 2 aliphatic heterocycles. The standard InChI is InChI=1S/C12H20N4OS/c1-13-10-8-18-7-9(10)11-14-12(15-17-11)16-5-3-2-4-6-16/h9-10,13H,2-8H2,1H3. The van der Waals surface area contributed by atoms with Gasteiger partial charge >= 0.3 is 0 Å². The van der Waals surface area contributed by atoms with Crippen LogP contribution in [-0.2, 0) is 0 Å². The van der Waals surface area contributed by atoms with E-state index in [0.717, 1.165) is 36.4 Å². The molecule has 1 aromatic rings. The minimum Gasteiger partial charge on any atom is -0.338 e. The van der Waals surface area contributed by atoms with Crippen molar-refractivity contribution < 1.29 is 4.52 Å². The lowest BCUT2D eigenvalue weighted by Gasteiger charge is -2.24. The van der Waals surface area contributed by atoms with E-state index in [1.807, 2.05) is 18.8 Å². The number of rotatable bonds is 3. The Morgan fingerprint density at radius 2 is 2.11 bits per heavy atom. The summed E-state index contributed by atoms with van der Waals surface area (Å²) in [6.45, 7) is 2.13. The number of thioether (sulfide) groups is 1. The van der Waals surface area contributed by atoms with Crippen LogP contribution in [0.1, 0.15) is 31.1 Å². The van der Waals surface area contributed by atoms with Crippen LogP contribution in [0.15, 0.2) is 4.52 Å². The molecule has 18 heavy (non-hydrogen) atoms. The summed E-state index contributed by atoms with van der Waals surface area (Å²) < 4.78 is 5.48. The van der Waals surface area contributed by atoms with Gasteiger partial charge in [-0.3, -0.25) is 0 Å². The lowest BCUT2D eigenvalue weighted by atomic mass is 10.0. The molecule has 5 nitrogen and oxygen atoms in total. The summed E-state index contributed by atoms with van der Waals surface area (Å²) in [4.78, 5) is 6.85. The van der Waals surface area contributed by atoms with Gasteiger partial charge in [0.1, 0.15) is 0 Å². The van der Waals surface area contributed by atoms with Crippen LogP contribution in [0.5, 0.6) is 0 Å². The molecule has 0 saturated carbocycles. The number of piperidine rings is 1. The van der Waals surface area contributed by atoms with Crippen molar-refractivity contribution in [2.24, 2.45) is 0 Å². The highest BCUT2D eigenvalue weighted by atomic mass is 32.2. The van der Waals surface area contributed by atoms with E-state index in [1.165, 1.54) is 19.3 Å². The predicted molar refractivity (Wildman–Crippen MR) is 73.3 cm³/mol. The van der Waals surface area contributed by atoms with E-state index in [1.54, 1.807) is 0 Å². The Morgan fingerprint density at radius 3 is 2.89 bits per heavy atom. The number of nitrogens with one attached hydrogen (secondary N) is 1. The first kappa shape index (κ1) is 12.3. The molecule has 6 heteroatoms. The van der Waals surface area contributed by atoms with Crippen molar-refractivity contribution in [3.05, 3.63) is 5.89 Å². The largest absolute Gasteiger partial charge is 0.338 e. The number of likely N-dealkylation sites (N-methyl/N-ethyl adjacent to an activating group) is 1. The normalized spacial score (nSPS) is 28.8. The van der Waals surface area contributed by atoms with Crippen LogP contribution in [0.4, 0.5) is 5.95 Å². The van der Waals surface area contributed by atoms with E-state index in [-0.39, 0.29) is 0 Å². The van der Waals surface area contributed by atoms with E-state index in [0.29, 0.717) is 12.0 Å². The second-order valence-corrected chi connectivity index (χ2v) is 6.09. The number of nitrogens with zero attached hydrogens (tertiary/aromatic N) is 3. The number of aromatic nitrogens is 2. The van der Waals surface area contributed by atoms with Gasteiger partial charge in [-0.1, -0.05) is 0 Å². The Hall–Kier alpha value is -0.750. The fourth-order valence-corrected chi connectivity index (χ4v) is 4.10. The molecule has 2 unspecified atom stereocenters. The Morgan fingerprint density at radius 1 is 1.28 bits per heavy atom. The summed E-state index contributed by atoms with van der Waals surface area (Å²) in [7, 11) is 2.01. The summed E-state index contributed by atoms with van der Waals surface area (Å²) in [5.41, 5.74) is 0. The van der Waals surface area contributed by atoms with Crippen molar-refractivity contribution in [3.63, 3.8) is 0 Å². The first-order valence-electron chi connectivity index (χ1n) is 6.72. The quantitative estimate of drug-likeness (QED) is 0.896. The zero-order valence-corrected chi connectivity index (χ0v) is 11.6. The third-order valence-corrected chi connectivity index (χ3v) is 5.03. The molecule has 0 aromatic carbocycles.